The molecule has 0 aliphatic heterocycles. The van der Waals surface area contributed by atoms with Crippen molar-refractivity contribution >= 4 is 23.0 Å². The number of pyridine rings is 1. The number of carbonyl (C=O) groups excluding carboxylic acids is 2. The van der Waals surface area contributed by atoms with E-state index in [9.17, 15) is 53.5 Å². The summed E-state index contributed by atoms with van der Waals surface area (Å²) in [5, 5.41) is 4.49. The van der Waals surface area contributed by atoms with Crippen LogP contribution in [0.1, 0.15) is 65.5 Å². The quantitative estimate of drug-likeness (QED) is 0.218. The Hall–Kier alpha value is -4.12. The Morgan fingerprint density at radius 3 is 2.26 bits per heavy atom. The zero-order valence-corrected chi connectivity index (χ0v) is 23.9. The van der Waals surface area contributed by atoms with E-state index in [4.69, 9.17) is 4.74 Å². The molecule has 1 aliphatic carbocycles. The van der Waals surface area contributed by atoms with Gasteiger partial charge in [0.2, 0.25) is 5.88 Å². The molecule has 18 heteroatoms. The Balaban J connectivity index is 1.60. The lowest BCUT2D eigenvalue weighted by Crippen LogP contribution is -2.40. The van der Waals surface area contributed by atoms with Crippen LogP contribution in [-0.4, -0.2) is 57.9 Å². The van der Waals surface area contributed by atoms with E-state index in [2.05, 4.69) is 20.3 Å². The molecule has 3 aromatic rings. The van der Waals surface area contributed by atoms with Gasteiger partial charge in [-0.3, -0.25) is 9.59 Å². The Morgan fingerprint density at radius 2 is 1.67 bits per heavy atom. The number of hydrogen-bond acceptors (Lipinski definition) is 5. The topological polar surface area (TPSA) is 109 Å². The van der Waals surface area contributed by atoms with Crippen molar-refractivity contribution in [2.45, 2.75) is 76.3 Å². The number of aromatic amines is 1. The lowest BCUT2D eigenvalue weighted by Gasteiger charge is -2.30. The molecule has 1 saturated carbocycles. The number of fused-ring (bicyclic) bond motifs is 1. The number of nitrogens with zero attached hydrogens (tertiary/aromatic N) is 2. The van der Waals surface area contributed by atoms with E-state index in [1.807, 2.05) is 5.32 Å². The normalized spacial score (nSPS) is 17.7. The number of halogens is 10. The number of rotatable bonds is 10. The average molecular weight is 672 g/mol. The van der Waals surface area contributed by atoms with Crippen molar-refractivity contribution in [1.82, 2.24) is 25.6 Å². The molecule has 0 radical (unpaired) electrons. The second-order valence-corrected chi connectivity index (χ2v) is 10.9. The van der Waals surface area contributed by atoms with E-state index in [0.29, 0.717) is 13.0 Å². The summed E-state index contributed by atoms with van der Waals surface area (Å²) in [5.41, 5.74) is -1.93. The first kappa shape index (κ1) is 34.7. The van der Waals surface area contributed by atoms with Crippen molar-refractivity contribution in [1.29, 1.82) is 0 Å². The summed E-state index contributed by atoms with van der Waals surface area (Å²) >= 11 is 0. The van der Waals surface area contributed by atoms with Gasteiger partial charge < -0.3 is 20.4 Å². The van der Waals surface area contributed by atoms with Gasteiger partial charge in [0.25, 0.3) is 18.2 Å². The first-order valence-corrected chi connectivity index (χ1v) is 13.8. The fourth-order valence-corrected chi connectivity index (χ4v) is 5.00. The molecule has 1 fully saturated rings. The molecule has 2 heterocycles. The predicted molar refractivity (Wildman–Crippen MR) is 141 cm³/mol. The van der Waals surface area contributed by atoms with Crippen molar-refractivity contribution in [3.05, 3.63) is 52.3 Å². The third-order valence-electron chi connectivity index (χ3n) is 7.29. The molecular formula is C28H27F10N5O3. The second-order valence-electron chi connectivity index (χ2n) is 10.9. The number of benzene rings is 1. The molecule has 0 spiro atoms. The number of aromatic nitrogens is 3. The summed E-state index contributed by atoms with van der Waals surface area (Å²) in [6.45, 7) is -1.32. The van der Waals surface area contributed by atoms with Gasteiger partial charge in [-0.05, 0) is 48.9 Å². The van der Waals surface area contributed by atoms with E-state index in [0.717, 1.165) is 18.2 Å². The van der Waals surface area contributed by atoms with Gasteiger partial charge in [-0.25, -0.2) is 13.8 Å². The van der Waals surface area contributed by atoms with Crippen molar-refractivity contribution in [3.63, 3.8) is 0 Å². The van der Waals surface area contributed by atoms with E-state index in [1.54, 1.807) is 0 Å². The molecule has 1 aliphatic rings. The van der Waals surface area contributed by atoms with Gasteiger partial charge in [0.05, 0.1) is 17.0 Å². The minimum Gasteiger partial charge on any atom is -0.471 e. The lowest BCUT2D eigenvalue weighted by molar-refractivity contribution is -0.182. The lowest BCUT2D eigenvalue weighted by atomic mass is 9.85. The maximum atomic E-state index is 13.8. The number of H-pyrrole nitrogens is 1. The molecule has 8 nitrogen and oxygen atoms in total. The van der Waals surface area contributed by atoms with Crippen LogP contribution in [0.25, 0.3) is 11.2 Å². The molecular weight excluding hydrogens is 644 g/mol. The number of imidazole rings is 1. The Labute approximate surface area is 254 Å². The van der Waals surface area contributed by atoms with E-state index < -0.39 is 79.5 Å². The van der Waals surface area contributed by atoms with Crippen LogP contribution in [0.5, 0.6) is 5.88 Å². The first-order valence-electron chi connectivity index (χ1n) is 13.8. The van der Waals surface area contributed by atoms with Gasteiger partial charge in [0.1, 0.15) is 11.4 Å². The second kappa shape index (κ2) is 13.3. The fourth-order valence-electron chi connectivity index (χ4n) is 5.00. The predicted octanol–water partition coefficient (Wildman–Crippen LogP) is 6.33. The van der Waals surface area contributed by atoms with E-state index in [1.165, 1.54) is 0 Å². The summed E-state index contributed by atoms with van der Waals surface area (Å²) in [4.78, 5) is 35.4. The summed E-state index contributed by atoms with van der Waals surface area (Å²) in [7, 11) is 0. The third kappa shape index (κ3) is 8.78. The smallest absolute Gasteiger partial charge is 0.416 e. The van der Waals surface area contributed by atoms with Crippen LogP contribution < -0.4 is 15.4 Å². The van der Waals surface area contributed by atoms with Crippen LogP contribution in [0.3, 0.4) is 0 Å². The summed E-state index contributed by atoms with van der Waals surface area (Å²) < 4.78 is 138. The standard InChI is InChI=1S/C28H27F10N5O3/c1-26(31,32)25(45)39-11-13-2-7-18(28(36,37)38)14(8-13)9-21-41-19-10-17(24(43-22(19)42-21)46-12-20(29)30)23(44)40-16-5-3-15(4-6-16)27(33,34)35/h2,7-8,10,15-16,20H,3-6,9,11-12H2,1H3,(H,39,45)(H,40,44)(H,41,42,43). The summed E-state index contributed by atoms with van der Waals surface area (Å²) in [5.74, 6) is -8.42. The van der Waals surface area contributed by atoms with Gasteiger partial charge in [-0.15, -0.1) is 0 Å². The van der Waals surface area contributed by atoms with Gasteiger partial charge in [-0.2, -0.15) is 40.1 Å². The van der Waals surface area contributed by atoms with Crippen LogP contribution in [0.2, 0.25) is 0 Å². The molecule has 1 aromatic carbocycles. The fraction of sp³-hybridized carbons (Fsp3) is 0.500. The number of alkyl halides is 10. The monoisotopic (exact) mass is 671 g/mol. The Bertz CT molecular complexity index is 1560. The average Bonchev–Trinajstić information content (AvgIpc) is 3.34. The largest absolute Gasteiger partial charge is 0.471 e. The van der Waals surface area contributed by atoms with E-state index in [-0.39, 0.29) is 59.4 Å². The number of amides is 2. The zero-order chi connectivity index (χ0) is 34.0. The van der Waals surface area contributed by atoms with Crippen LogP contribution in [0.4, 0.5) is 43.9 Å². The van der Waals surface area contributed by atoms with Crippen LogP contribution >= 0.6 is 0 Å². The molecule has 46 heavy (non-hydrogen) atoms. The van der Waals surface area contributed by atoms with Crippen LogP contribution in [-0.2, 0) is 23.9 Å². The molecule has 252 valence electrons. The van der Waals surface area contributed by atoms with Crippen molar-refractivity contribution in [2.24, 2.45) is 5.92 Å². The van der Waals surface area contributed by atoms with Crippen molar-refractivity contribution in [3.8, 4) is 5.88 Å². The van der Waals surface area contributed by atoms with Crippen molar-refractivity contribution in [2.75, 3.05) is 6.61 Å². The Morgan fingerprint density at radius 1 is 1.00 bits per heavy atom. The molecule has 0 unspecified atom stereocenters. The first-order chi connectivity index (χ1) is 21.3. The molecule has 0 saturated heterocycles. The third-order valence-corrected chi connectivity index (χ3v) is 7.29. The highest BCUT2D eigenvalue weighted by Crippen LogP contribution is 2.38. The minimum absolute atomic E-state index is 0.00693. The maximum absolute atomic E-state index is 13.8. The SMILES string of the molecule is CC(F)(F)C(=O)NCc1ccc(C(F)(F)F)c(Cc2nc3nc(OCC(F)F)c(C(=O)NC4CCC(C(F)(F)F)CC4)cc3[nH]2)c1. The van der Waals surface area contributed by atoms with E-state index >= 15 is 0 Å². The minimum atomic E-state index is -4.83. The highest BCUT2D eigenvalue weighted by atomic mass is 19.4. The molecule has 2 amide bonds. The molecule has 2 aromatic heterocycles. The van der Waals surface area contributed by atoms with Gasteiger partial charge in [0, 0.05) is 25.9 Å². The van der Waals surface area contributed by atoms with Gasteiger partial charge in [-0.1, -0.05) is 12.1 Å². The van der Waals surface area contributed by atoms with Crippen molar-refractivity contribution < 1.29 is 58.2 Å². The highest BCUT2D eigenvalue weighted by Gasteiger charge is 2.42. The molecule has 3 N–H and O–H groups in total. The molecule has 0 atom stereocenters. The summed E-state index contributed by atoms with van der Waals surface area (Å²) in [6, 6.07) is 3.23. The van der Waals surface area contributed by atoms with Gasteiger partial charge in [0.15, 0.2) is 12.3 Å². The Kier molecular flexibility index (Phi) is 10.1. The number of hydrogen-bond donors (Lipinski definition) is 3. The van der Waals surface area contributed by atoms with Gasteiger partial charge >= 0.3 is 18.3 Å². The molecule has 0 bridgehead atoms. The number of carbonyl (C=O) groups is 2. The van der Waals surface area contributed by atoms with Crippen LogP contribution in [0.15, 0.2) is 24.3 Å². The number of nitrogens with one attached hydrogen (secondary N) is 3. The zero-order valence-electron chi connectivity index (χ0n) is 23.9. The maximum Gasteiger partial charge on any atom is 0.416 e. The molecule has 4 rings (SSSR count). The number of ether oxygens (including phenoxy) is 1. The van der Waals surface area contributed by atoms with Crippen LogP contribution in [0, 0.1) is 5.92 Å². The summed E-state index contributed by atoms with van der Waals surface area (Å²) in [6.07, 6.45) is -13.1. The highest BCUT2D eigenvalue weighted by molar-refractivity contribution is 5.99.